The predicted molar refractivity (Wildman–Crippen MR) is 65.6 cm³/mol. The van der Waals surface area contributed by atoms with Crippen molar-refractivity contribution in [2.24, 2.45) is 0 Å². The fraction of sp³-hybridized carbons (Fsp3) is 0.700. The molecule has 17 heavy (non-hydrogen) atoms. The van der Waals surface area contributed by atoms with Crippen molar-refractivity contribution in [1.82, 2.24) is 14.3 Å². The molecule has 1 aromatic heterocycles. The minimum Gasteiger partial charge on any atom is -0.334 e. The number of nitrogens with zero attached hydrogens (tertiary/aromatic N) is 2. The van der Waals surface area contributed by atoms with Gasteiger partial charge in [0.1, 0.15) is 5.82 Å². The van der Waals surface area contributed by atoms with E-state index in [0.717, 1.165) is 0 Å². The Labute approximate surface area is 106 Å². The molecule has 1 saturated carbocycles. The Hall–Kier alpha value is -0.590. The van der Waals surface area contributed by atoms with E-state index in [2.05, 4.69) is 9.71 Å². The van der Waals surface area contributed by atoms with E-state index in [1.54, 1.807) is 17.7 Å². The van der Waals surface area contributed by atoms with E-state index in [1.807, 2.05) is 6.92 Å². The molecule has 7 heteroatoms. The zero-order valence-corrected chi connectivity index (χ0v) is 11.4. The lowest BCUT2D eigenvalue weighted by Crippen LogP contribution is -2.44. The van der Waals surface area contributed by atoms with Gasteiger partial charge in [0.05, 0.1) is 0 Å². The topological polar surface area (TPSA) is 64.0 Å². The van der Waals surface area contributed by atoms with Crippen molar-refractivity contribution in [3.63, 3.8) is 0 Å². The summed E-state index contributed by atoms with van der Waals surface area (Å²) in [6.45, 7) is 4.45. The van der Waals surface area contributed by atoms with Gasteiger partial charge in [-0.05, 0) is 26.7 Å². The van der Waals surface area contributed by atoms with Gasteiger partial charge in [-0.1, -0.05) is 0 Å². The van der Waals surface area contributed by atoms with Gasteiger partial charge in [0, 0.05) is 24.2 Å². The number of imidazole rings is 1. The van der Waals surface area contributed by atoms with E-state index in [4.69, 9.17) is 11.6 Å². The molecule has 0 amide bonds. The Balaban J connectivity index is 2.14. The predicted octanol–water partition coefficient (Wildman–Crippen LogP) is 1.26. The van der Waals surface area contributed by atoms with Crippen LogP contribution in [0.4, 0.5) is 0 Å². The molecule has 1 aliphatic carbocycles. The highest BCUT2D eigenvalue weighted by Gasteiger charge is 2.32. The minimum atomic E-state index is -3.50. The molecule has 5 nitrogen and oxygen atoms in total. The van der Waals surface area contributed by atoms with Crippen LogP contribution in [0.25, 0.3) is 0 Å². The van der Waals surface area contributed by atoms with Crippen molar-refractivity contribution in [2.75, 3.05) is 0 Å². The smallest absolute Gasteiger partial charge is 0.259 e. The lowest BCUT2D eigenvalue weighted by Gasteiger charge is -2.30. The molecule has 96 valence electrons. The molecule has 1 aromatic rings. The quantitative estimate of drug-likeness (QED) is 0.843. The number of alkyl halides is 1. The SMILES string of the molecule is CCn1cc(S(=O)(=O)NC2CC(Cl)C2)nc1C. The average Bonchev–Trinajstić information content (AvgIpc) is 2.58. The molecule has 0 radical (unpaired) electrons. The second-order valence-electron chi connectivity index (χ2n) is 4.30. The number of halogens is 1. The van der Waals surface area contributed by atoms with Gasteiger partial charge in [-0.2, -0.15) is 0 Å². The highest BCUT2D eigenvalue weighted by Crippen LogP contribution is 2.26. The van der Waals surface area contributed by atoms with Crippen LogP contribution in [-0.4, -0.2) is 29.4 Å². The van der Waals surface area contributed by atoms with Gasteiger partial charge in [-0.15, -0.1) is 11.6 Å². The molecule has 0 saturated heterocycles. The van der Waals surface area contributed by atoms with Crippen molar-refractivity contribution in [1.29, 1.82) is 0 Å². The normalized spacial score (nSPS) is 24.6. The van der Waals surface area contributed by atoms with Crippen molar-refractivity contribution in [3.05, 3.63) is 12.0 Å². The van der Waals surface area contributed by atoms with Gasteiger partial charge >= 0.3 is 0 Å². The van der Waals surface area contributed by atoms with E-state index < -0.39 is 10.0 Å². The van der Waals surface area contributed by atoms with Crippen molar-refractivity contribution in [2.45, 2.75) is 49.7 Å². The standard InChI is InChI=1S/C10H16ClN3O2S/c1-3-14-6-10(12-7(14)2)17(15,16)13-9-4-8(11)5-9/h6,8-9,13H,3-5H2,1-2H3. The number of nitrogens with one attached hydrogen (secondary N) is 1. The fourth-order valence-electron chi connectivity index (χ4n) is 1.85. The van der Waals surface area contributed by atoms with Gasteiger partial charge in [0.25, 0.3) is 10.0 Å². The van der Waals surface area contributed by atoms with Crippen LogP contribution >= 0.6 is 11.6 Å². The van der Waals surface area contributed by atoms with Crippen LogP contribution in [0.15, 0.2) is 11.2 Å². The summed E-state index contributed by atoms with van der Waals surface area (Å²) in [4.78, 5) is 4.06. The molecular formula is C10H16ClN3O2S. The first kappa shape index (κ1) is 12.9. The Morgan fingerprint density at radius 1 is 1.59 bits per heavy atom. The number of aromatic nitrogens is 2. The molecule has 0 unspecified atom stereocenters. The monoisotopic (exact) mass is 277 g/mol. The maximum atomic E-state index is 12.0. The molecule has 0 aliphatic heterocycles. The number of rotatable bonds is 4. The highest BCUT2D eigenvalue weighted by atomic mass is 35.5. The zero-order chi connectivity index (χ0) is 12.6. The molecule has 1 heterocycles. The van der Waals surface area contributed by atoms with Crippen LogP contribution in [0.1, 0.15) is 25.6 Å². The largest absolute Gasteiger partial charge is 0.334 e. The number of hydrogen-bond donors (Lipinski definition) is 1. The van der Waals surface area contributed by atoms with Crippen LogP contribution < -0.4 is 4.72 Å². The Morgan fingerprint density at radius 3 is 2.71 bits per heavy atom. The second-order valence-corrected chi connectivity index (χ2v) is 6.58. The number of hydrogen-bond acceptors (Lipinski definition) is 3. The minimum absolute atomic E-state index is 0.0467. The summed E-state index contributed by atoms with van der Waals surface area (Å²) in [5, 5.41) is 0.188. The third-order valence-electron chi connectivity index (χ3n) is 2.97. The van der Waals surface area contributed by atoms with Gasteiger partial charge in [-0.3, -0.25) is 0 Å². The first-order valence-corrected chi connectivity index (χ1v) is 7.54. The van der Waals surface area contributed by atoms with Gasteiger partial charge in [0.15, 0.2) is 5.03 Å². The molecule has 1 aliphatic rings. The van der Waals surface area contributed by atoms with Gasteiger partial charge in [-0.25, -0.2) is 18.1 Å². The van der Waals surface area contributed by atoms with Crippen molar-refractivity contribution < 1.29 is 8.42 Å². The summed E-state index contributed by atoms with van der Waals surface area (Å²) in [5.74, 6) is 0.705. The van der Waals surface area contributed by atoms with E-state index in [1.165, 1.54) is 0 Å². The first-order chi connectivity index (χ1) is 7.92. The third kappa shape index (κ3) is 2.64. The zero-order valence-electron chi connectivity index (χ0n) is 9.85. The summed E-state index contributed by atoms with van der Waals surface area (Å²) >= 11 is 5.82. The summed E-state index contributed by atoms with van der Waals surface area (Å²) in [6.07, 6.45) is 2.94. The molecule has 0 spiro atoms. The average molecular weight is 278 g/mol. The third-order valence-corrected chi connectivity index (χ3v) is 4.72. The first-order valence-electron chi connectivity index (χ1n) is 5.62. The van der Waals surface area contributed by atoms with Crippen molar-refractivity contribution in [3.8, 4) is 0 Å². The number of sulfonamides is 1. The van der Waals surface area contributed by atoms with Crippen LogP contribution in [0.5, 0.6) is 0 Å². The fourth-order valence-corrected chi connectivity index (χ4v) is 3.55. The summed E-state index contributed by atoms with van der Waals surface area (Å²) in [7, 11) is -3.50. The Bertz CT molecular complexity index is 506. The van der Waals surface area contributed by atoms with E-state index in [-0.39, 0.29) is 16.4 Å². The summed E-state index contributed by atoms with van der Waals surface area (Å²) in [5.41, 5.74) is 0. The molecule has 0 aromatic carbocycles. The summed E-state index contributed by atoms with van der Waals surface area (Å²) in [6, 6.07) is -0.0467. The molecule has 1 fully saturated rings. The molecule has 1 N–H and O–H groups in total. The Morgan fingerprint density at radius 2 is 2.24 bits per heavy atom. The molecule has 0 atom stereocenters. The van der Waals surface area contributed by atoms with Gasteiger partial charge in [0.2, 0.25) is 0 Å². The second kappa shape index (κ2) is 4.59. The maximum absolute atomic E-state index is 12.0. The lowest BCUT2D eigenvalue weighted by atomic mass is 9.94. The molecular weight excluding hydrogens is 262 g/mol. The van der Waals surface area contributed by atoms with Crippen LogP contribution in [0.2, 0.25) is 0 Å². The Kier molecular flexibility index (Phi) is 3.47. The molecule has 0 bridgehead atoms. The van der Waals surface area contributed by atoms with Crippen LogP contribution in [-0.2, 0) is 16.6 Å². The maximum Gasteiger partial charge on any atom is 0.259 e. The summed E-state index contributed by atoms with van der Waals surface area (Å²) < 4.78 is 28.4. The van der Waals surface area contributed by atoms with E-state index >= 15 is 0 Å². The van der Waals surface area contributed by atoms with Crippen molar-refractivity contribution >= 4 is 21.6 Å². The molecule has 2 rings (SSSR count). The van der Waals surface area contributed by atoms with E-state index in [9.17, 15) is 8.42 Å². The van der Waals surface area contributed by atoms with Crippen LogP contribution in [0.3, 0.4) is 0 Å². The number of aryl methyl sites for hydroxylation is 2. The lowest BCUT2D eigenvalue weighted by molar-refractivity contribution is 0.391. The van der Waals surface area contributed by atoms with E-state index in [0.29, 0.717) is 25.2 Å². The van der Waals surface area contributed by atoms with Crippen LogP contribution in [0, 0.1) is 6.92 Å². The van der Waals surface area contributed by atoms with Gasteiger partial charge < -0.3 is 4.57 Å². The highest BCUT2D eigenvalue weighted by molar-refractivity contribution is 7.89.